The monoisotopic (exact) mass is 245 g/mol. The first-order chi connectivity index (χ1) is 7.22. The van der Waals surface area contributed by atoms with Gasteiger partial charge in [-0.3, -0.25) is 4.79 Å². The lowest BCUT2D eigenvalue weighted by Crippen LogP contribution is -3.00. The summed E-state index contributed by atoms with van der Waals surface area (Å²) in [6, 6.07) is 7.38. The molecule has 5 heteroatoms. The van der Waals surface area contributed by atoms with Crippen LogP contribution in [-0.4, -0.2) is 26.7 Å². The minimum Gasteiger partial charge on any atom is -1.00 e. The van der Waals surface area contributed by atoms with Gasteiger partial charge in [0.25, 0.3) is 0 Å². The van der Waals surface area contributed by atoms with E-state index in [4.69, 9.17) is 9.47 Å². The molecule has 1 aromatic carbocycles. The lowest BCUT2D eigenvalue weighted by atomic mass is 9.99. The maximum absolute atomic E-state index is 11.4. The fourth-order valence-corrected chi connectivity index (χ4v) is 1.42. The van der Waals surface area contributed by atoms with E-state index in [9.17, 15) is 4.79 Å². The molecule has 0 aliphatic rings. The number of rotatable bonds is 4. The highest BCUT2D eigenvalue weighted by molar-refractivity contribution is 5.78. The van der Waals surface area contributed by atoms with Gasteiger partial charge in [0, 0.05) is 0 Å². The van der Waals surface area contributed by atoms with Crippen molar-refractivity contribution in [3.8, 4) is 5.75 Å². The van der Waals surface area contributed by atoms with E-state index in [0.717, 1.165) is 11.3 Å². The third-order valence-corrected chi connectivity index (χ3v) is 2.27. The smallest absolute Gasteiger partial charge is 0.318 e. The molecule has 0 heterocycles. The zero-order chi connectivity index (χ0) is 11.3. The Hall–Kier alpha value is -1.26. The zero-order valence-corrected chi connectivity index (χ0v) is 10.2. The van der Waals surface area contributed by atoms with Crippen LogP contribution in [0.15, 0.2) is 24.3 Å². The average molecular weight is 246 g/mol. The largest absolute Gasteiger partial charge is 1.00 e. The van der Waals surface area contributed by atoms with Gasteiger partial charge >= 0.3 is 5.97 Å². The summed E-state index contributed by atoms with van der Waals surface area (Å²) in [5, 5.41) is 0. The molecule has 90 valence electrons. The molecule has 0 fully saturated rings. The van der Waals surface area contributed by atoms with Crippen molar-refractivity contribution in [3.05, 3.63) is 29.8 Å². The molecule has 1 aromatic rings. The molecule has 1 unspecified atom stereocenters. The molecule has 0 radical (unpaired) electrons. The molecule has 4 nitrogen and oxygen atoms in total. The number of hydrogen-bond acceptors (Lipinski definition) is 3. The summed E-state index contributed by atoms with van der Waals surface area (Å²) in [5.41, 5.74) is 4.62. The molecule has 3 N–H and O–H groups in total. The van der Waals surface area contributed by atoms with Crippen molar-refractivity contribution < 1.29 is 32.4 Å². The third kappa shape index (κ3) is 3.40. The molecular formula is C11H16ClNO3. The van der Waals surface area contributed by atoms with Crippen LogP contribution in [0.25, 0.3) is 0 Å². The van der Waals surface area contributed by atoms with Crippen LogP contribution in [0, 0.1) is 0 Å². The Bertz CT molecular complexity index is 344. The van der Waals surface area contributed by atoms with Gasteiger partial charge in [-0.15, -0.1) is 0 Å². The highest BCUT2D eigenvalue weighted by Crippen LogP contribution is 2.20. The number of ether oxygens (including phenoxy) is 2. The highest BCUT2D eigenvalue weighted by Gasteiger charge is 2.21. The number of methoxy groups -OCH3 is 2. The number of carbonyl (C=O) groups excluding carboxylic acids is 1. The first-order valence-corrected chi connectivity index (χ1v) is 4.74. The van der Waals surface area contributed by atoms with E-state index in [2.05, 4.69) is 5.73 Å². The number of esters is 1. The maximum atomic E-state index is 11.4. The van der Waals surface area contributed by atoms with E-state index in [1.807, 2.05) is 24.3 Å². The maximum Gasteiger partial charge on any atom is 0.318 e. The van der Waals surface area contributed by atoms with Crippen molar-refractivity contribution in [2.75, 3.05) is 20.8 Å². The van der Waals surface area contributed by atoms with E-state index in [1.54, 1.807) is 7.11 Å². The predicted octanol–water partition coefficient (Wildman–Crippen LogP) is -2.80. The standard InChI is InChI=1S/C11H15NO3.ClH/c1-14-9-5-3-4-8(6-9)10(7-12)11(13)15-2;/h3-6,10H,7,12H2,1-2H3;1H. The van der Waals surface area contributed by atoms with Gasteiger partial charge in [0.05, 0.1) is 20.8 Å². The van der Waals surface area contributed by atoms with Crippen LogP contribution in [0.3, 0.4) is 0 Å². The predicted molar refractivity (Wildman–Crippen MR) is 55.5 cm³/mol. The Morgan fingerprint density at radius 3 is 2.62 bits per heavy atom. The van der Waals surface area contributed by atoms with E-state index in [1.165, 1.54) is 7.11 Å². The molecule has 0 aliphatic carbocycles. The number of quaternary nitrogens is 1. The van der Waals surface area contributed by atoms with E-state index < -0.39 is 0 Å². The van der Waals surface area contributed by atoms with Gasteiger partial charge < -0.3 is 27.6 Å². The molecule has 16 heavy (non-hydrogen) atoms. The molecule has 0 aliphatic heterocycles. The molecule has 0 saturated carbocycles. The lowest BCUT2D eigenvalue weighted by molar-refractivity contribution is -0.370. The van der Waals surface area contributed by atoms with Crippen molar-refractivity contribution in [1.82, 2.24) is 0 Å². The summed E-state index contributed by atoms with van der Waals surface area (Å²) < 4.78 is 9.80. The molecular weight excluding hydrogens is 230 g/mol. The van der Waals surface area contributed by atoms with Gasteiger partial charge in [-0.05, 0) is 17.7 Å². The van der Waals surface area contributed by atoms with Crippen molar-refractivity contribution in [3.63, 3.8) is 0 Å². The molecule has 1 atom stereocenters. The number of carbonyl (C=O) groups is 1. The molecule has 1 rings (SSSR count). The van der Waals surface area contributed by atoms with E-state index in [-0.39, 0.29) is 24.3 Å². The molecule has 0 bridgehead atoms. The summed E-state index contributed by atoms with van der Waals surface area (Å²) in [4.78, 5) is 11.4. The van der Waals surface area contributed by atoms with Crippen LogP contribution in [0.2, 0.25) is 0 Å². The lowest BCUT2D eigenvalue weighted by Gasteiger charge is -2.11. The van der Waals surface area contributed by atoms with E-state index in [0.29, 0.717) is 6.54 Å². The summed E-state index contributed by atoms with van der Waals surface area (Å²) in [5.74, 6) is 0.151. The zero-order valence-electron chi connectivity index (χ0n) is 9.40. The molecule has 0 amide bonds. The first-order valence-electron chi connectivity index (χ1n) is 4.74. The Morgan fingerprint density at radius 2 is 2.12 bits per heavy atom. The fourth-order valence-electron chi connectivity index (χ4n) is 1.42. The Labute approximate surface area is 101 Å². The van der Waals surface area contributed by atoms with Gasteiger partial charge in [0.1, 0.15) is 11.7 Å². The second-order valence-electron chi connectivity index (χ2n) is 3.14. The summed E-state index contributed by atoms with van der Waals surface area (Å²) in [7, 11) is 2.97. The van der Waals surface area contributed by atoms with Crippen LogP contribution in [-0.2, 0) is 9.53 Å². The fraction of sp³-hybridized carbons (Fsp3) is 0.364. The summed E-state index contributed by atoms with van der Waals surface area (Å²) in [6.07, 6.45) is 0. The van der Waals surface area contributed by atoms with E-state index >= 15 is 0 Å². The van der Waals surface area contributed by atoms with Gasteiger partial charge in [0.2, 0.25) is 0 Å². The number of benzene rings is 1. The highest BCUT2D eigenvalue weighted by atomic mass is 35.5. The number of halogens is 1. The van der Waals surface area contributed by atoms with Crippen LogP contribution >= 0.6 is 0 Å². The summed E-state index contributed by atoms with van der Waals surface area (Å²) >= 11 is 0. The van der Waals surface area contributed by atoms with Crippen LogP contribution < -0.4 is 22.9 Å². The average Bonchev–Trinajstić information content (AvgIpc) is 2.30. The second-order valence-corrected chi connectivity index (χ2v) is 3.14. The topological polar surface area (TPSA) is 63.2 Å². The molecule has 0 spiro atoms. The van der Waals surface area contributed by atoms with Crippen LogP contribution in [0.1, 0.15) is 11.5 Å². The van der Waals surface area contributed by atoms with Gasteiger partial charge in [0.15, 0.2) is 0 Å². The molecule has 0 aromatic heterocycles. The summed E-state index contributed by atoms with van der Waals surface area (Å²) in [6.45, 7) is 0.472. The number of hydrogen-bond donors (Lipinski definition) is 1. The third-order valence-electron chi connectivity index (χ3n) is 2.27. The van der Waals surface area contributed by atoms with Crippen molar-refractivity contribution in [2.24, 2.45) is 0 Å². The van der Waals surface area contributed by atoms with Crippen molar-refractivity contribution in [2.45, 2.75) is 5.92 Å². The van der Waals surface area contributed by atoms with Crippen LogP contribution in [0.4, 0.5) is 0 Å². The van der Waals surface area contributed by atoms with Gasteiger partial charge in [-0.1, -0.05) is 12.1 Å². The Kier molecular flexibility index (Phi) is 6.53. The van der Waals surface area contributed by atoms with Crippen molar-refractivity contribution >= 4 is 5.97 Å². The normalized spacial score (nSPS) is 11.2. The minimum atomic E-state index is -0.315. The van der Waals surface area contributed by atoms with Crippen molar-refractivity contribution in [1.29, 1.82) is 0 Å². The molecule has 0 saturated heterocycles. The minimum absolute atomic E-state index is 0. The SMILES string of the molecule is COC(=O)C(C[NH3+])c1cccc(OC)c1.[Cl-]. The quantitative estimate of drug-likeness (QED) is 0.583. The second kappa shape index (κ2) is 7.09. The van der Waals surface area contributed by atoms with Crippen LogP contribution in [0.5, 0.6) is 5.75 Å². The van der Waals surface area contributed by atoms with Gasteiger partial charge in [-0.2, -0.15) is 0 Å². The first kappa shape index (κ1) is 14.7. The Balaban J connectivity index is 0.00000225. The Morgan fingerprint density at radius 1 is 1.44 bits per heavy atom. The van der Waals surface area contributed by atoms with Gasteiger partial charge in [-0.25, -0.2) is 0 Å².